The minimum Gasteiger partial charge on any atom is -0.311 e. The van der Waals surface area contributed by atoms with Crippen molar-refractivity contribution in [3.05, 3.63) is 0 Å². The number of hydrogen-bond acceptors (Lipinski definition) is 3. The number of piperazine rings is 1. The molecule has 1 aliphatic heterocycles. The lowest BCUT2D eigenvalue weighted by Crippen LogP contribution is -2.56. The van der Waals surface area contributed by atoms with E-state index in [1.807, 2.05) is 0 Å². The largest absolute Gasteiger partial charge is 0.311 e. The van der Waals surface area contributed by atoms with E-state index in [1.165, 1.54) is 51.9 Å². The average Bonchev–Trinajstić information content (AvgIpc) is 2.29. The number of rotatable bonds is 7. The zero-order valence-electron chi connectivity index (χ0n) is 12.2. The van der Waals surface area contributed by atoms with Crippen LogP contribution in [0.5, 0.6) is 0 Å². The maximum atomic E-state index is 3.70. The van der Waals surface area contributed by atoms with Gasteiger partial charge in [0.05, 0.1) is 0 Å². The molecule has 1 heterocycles. The van der Waals surface area contributed by atoms with Gasteiger partial charge in [0.2, 0.25) is 0 Å². The molecule has 0 bridgehead atoms. The Kier molecular flexibility index (Phi) is 7.09. The van der Waals surface area contributed by atoms with Gasteiger partial charge in [-0.2, -0.15) is 0 Å². The SMILES string of the molecule is CCCC1CN(CCCN(C)C)C(CC)CN1. The first-order valence-electron chi connectivity index (χ1n) is 7.29. The normalized spacial score (nSPS) is 26.6. The molecule has 0 aliphatic carbocycles. The van der Waals surface area contributed by atoms with Crippen LogP contribution in [-0.4, -0.2) is 62.2 Å². The van der Waals surface area contributed by atoms with Gasteiger partial charge in [0.1, 0.15) is 0 Å². The van der Waals surface area contributed by atoms with E-state index < -0.39 is 0 Å². The molecular formula is C14H31N3. The Balaban J connectivity index is 2.34. The van der Waals surface area contributed by atoms with Crippen molar-refractivity contribution in [2.45, 2.75) is 51.6 Å². The van der Waals surface area contributed by atoms with Crippen molar-refractivity contribution in [3.8, 4) is 0 Å². The molecule has 0 saturated carbocycles. The molecule has 0 aromatic heterocycles. The van der Waals surface area contributed by atoms with Gasteiger partial charge < -0.3 is 10.2 Å². The molecule has 102 valence electrons. The quantitative estimate of drug-likeness (QED) is 0.733. The van der Waals surface area contributed by atoms with E-state index in [-0.39, 0.29) is 0 Å². The minimum absolute atomic E-state index is 0.724. The van der Waals surface area contributed by atoms with E-state index in [2.05, 4.69) is 43.1 Å². The van der Waals surface area contributed by atoms with Crippen LogP contribution < -0.4 is 5.32 Å². The number of nitrogens with zero attached hydrogens (tertiary/aromatic N) is 2. The van der Waals surface area contributed by atoms with Gasteiger partial charge in [0.15, 0.2) is 0 Å². The lowest BCUT2D eigenvalue weighted by Gasteiger charge is -2.40. The molecular weight excluding hydrogens is 210 g/mol. The minimum atomic E-state index is 0.724. The topological polar surface area (TPSA) is 18.5 Å². The van der Waals surface area contributed by atoms with E-state index in [4.69, 9.17) is 0 Å². The fourth-order valence-corrected chi connectivity index (χ4v) is 2.74. The fraction of sp³-hybridized carbons (Fsp3) is 1.00. The Morgan fingerprint density at radius 1 is 1.29 bits per heavy atom. The zero-order valence-corrected chi connectivity index (χ0v) is 12.2. The second-order valence-electron chi connectivity index (χ2n) is 5.61. The molecule has 3 nitrogen and oxygen atoms in total. The highest BCUT2D eigenvalue weighted by Gasteiger charge is 2.25. The molecule has 1 aliphatic rings. The Morgan fingerprint density at radius 2 is 2.06 bits per heavy atom. The van der Waals surface area contributed by atoms with E-state index in [1.54, 1.807) is 0 Å². The zero-order chi connectivity index (χ0) is 12.7. The van der Waals surface area contributed by atoms with Crippen molar-refractivity contribution in [1.82, 2.24) is 15.1 Å². The van der Waals surface area contributed by atoms with Crippen LogP contribution in [0.2, 0.25) is 0 Å². The monoisotopic (exact) mass is 241 g/mol. The molecule has 0 aromatic carbocycles. The molecule has 3 heteroatoms. The van der Waals surface area contributed by atoms with Crippen molar-refractivity contribution in [2.75, 3.05) is 40.3 Å². The third-order valence-corrected chi connectivity index (χ3v) is 3.77. The van der Waals surface area contributed by atoms with Gasteiger partial charge >= 0.3 is 0 Å². The molecule has 0 spiro atoms. The molecule has 0 aromatic rings. The summed E-state index contributed by atoms with van der Waals surface area (Å²) in [6.45, 7) is 9.50. The Labute approximate surface area is 108 Å². The predicted octanol–water partition coefficient (Wildman–Crippen LogP) is 1.79. The first-order chi connectivity index (χ1) is 8.17. The third kappa shape index (κ3) is 5.36. The van der Waals surface area contributed by atoms with Crippen LogP contribution in [0.1, 0.15) is 39.5 Å². The molecule has 1 rings (SSSR count). The molecule has 0 radical (unpaired) electrons. The van der Waals surface area contributed by atoms with Crippen LogP contribution in [-0.2, 0) is 0 Å². The summed E-state index contributed by atoms with van der Waals surface area (Å²) in [4.78, 5) is 4.99. The lowest BCUT2D eigenvalue weighted by atomic mass is 10.0. The van der Waals surface area contributed by atoms with Gasteiger partial charge in [-0.05, 0) is 46.4 Å². The summed E-state index contributed by atoms with van der Waals surface area (Å²) < 4.78 is 0. The van der Waals surface area contributed by atoms with Crippen LogP contribution in [0.4, 0.5) is 0 Å². The van der Waals surface area contributed by atoms with Gasteiger partial charge in [-0.1, -0.05) is 20.3 Å². The standard InChI is InChI=1S/C14H31N3/c1-5-8-13-12-17(10-7-9-16(3)4)14(6-2)11-15-13/h13-15H,5-12H2,1-4H3. The molecule has 2 atom stereocenters. The fourth-order valence-electron chi connectivity index (χ4n) is 2.74. The Bertz CT molecular complexity index is 194. The summed E-state index contributed by atoms with van der Waals surface area (Å²) in [5.41, 5.74) is 0. The summed E-state index contributed by atoms with van der Waals surface area (Å²) in [6, 6.07) is 1.48. The van der Waals surface area contributed by atoms with Crippen LogP contribution in [0, 0.1) is 0 Å². The second-order valence-corrected chi connectivity index (χ2v) is 5.61. The summed E-state index contributed by atoms with van der Waals surface area (Å²) in [5.74, 6) is 0. The maximum absolute atomic E-state index is 3.70. The molecule has 0 amide bonds. The highest BCUT2D eigenvalue weighted by atomic mass is 15.2. The Morgan fingerprint density at radius 3 is 2.65 bits per heavy atom. The summed E-state index contributed by atoms with van der Waals surface area (Å²) in [5, 5.41) is 3.70. The first kappa shape index (κ1) is 14.9. The number of hydrogen-bond donors (Lipinski definition) is 1. The highest BCUT2D eigenvalue weighted by Crippen LogP contribution is 2.13. The molecule has 1 fully saturated rings. The van der Waals surface area contributed by atoms with Crippen molar-refractivity contribution < 1.29 is 0 Å². The van der Waals surface area contributed by atoms with E-state index in [9.17, 15) is 0 Å². The van der Waals surface area contributed by atoms with Crippen LogP contribution in [0.25, 0.3) is 0 Å². The van der Waals surface area contributed by atoms with Crippen LogP contribution >= 0.6 is 0 Å². The Hall–Kier alpha value is -0.120. The third-order valence-electron chi connectivity index (χ3n) is 3.77. The molecule has 17 heavy (non-hydrogen) atoms. The summed E-state index contributed by atoms with van der Waals surface area (Å²) in [6.07, 6.45) is 5.18. The first-order valence-corrected chi connectivity index (χ1v) is 7.29. The highest BCUT2D eigenvalue weighted by molar-refractivity contribution is 4.85. The smallest absolute Gasteiger partial charge is 0.0218 e. The van der Waals surface area contributed by atoms with Crippen molar-refractivity contribution in [1.29, 1.82) is 0 Å². The average molecular weight is 241 g/mol. The van der Waals surface area contributed by atoms with Gasteiger partial charge in [0, 0.05) is 25.2 Å². The van der Waals surface area contributed by atoms with Gasteiger partial charge in [-0.3, -0.25) is 4.90 Å². The predicted molar refractivity (Wildman–Crippen MR) is 75.5 cm³/mol. The van der Waals surface area contributed by atoms with Crippen LogP contribution in [0.3, 0.4) is 0 Å². The molecule has 1 N–H and O–H groups in total. The number of nitrogens with one attached hydrogen (secondary N) is 1. The van der Waals surface area contributed by atoms with E-state index in [0.717, 1.165) is 12.1 Å². The summed E-state index contributed by atoms with van der Waals surface area (Å²) >= 11 is 0. The van der Waals surface area contributed by atoms with Gasteiger partial charge in [-0.15, -0.1) is 0 Å². The van der Waals surface area contributed by atoms with E-state index >= 15 is 0 Å². The summed E-state index contributed by atoms with van der Waals surface area (Å²) in [7, 11) is 4.32. The van der Waals surface area contributed by atoms with Crippen molar-refractivity contribution >= 4 is 0 Å². The lowest BCUT2D eigenvalue weighted by molar-refractivity contribution is 0.118. The van der Waals surface area contributed by atoms with Crippen LogP contribution in [0.15, 0.2) is 0 Å². The molecule has 1 saturated heterocycles. The van der Waals surface area contributed by atoms with Crippen molar-refractivity contribution in [2.24, 2.45) is 0 Å². The van der Waals surface area contributed by atoms with Crippen molar-refractivity contribution in [3.63, 3.8) is 0 Å². The van der Waals surface area contributed by atoms with Gasteiger partial charge in [-0.25, -0.2) is 0 Å². The maximum Gasteiger partial charge on any atom is 0.0218 e. The van der Waals surface area contributed by atoms with E-state index in [0.29, 0.717) is 0 Å². The molecule has 2 unspecified atom stereocenters. The van der Waals surface area contributed by atoms with Gasteiger partial charge in [0.25, 0.3) is 0 Å². The second kappa shape index (κ2) is 8.06.